The number of alkyl halides is 6. The van der Waals surface area contributed by atoms with Gasteiger partial charge in [-0.2, -0.15) is 26.3 Å². The number of hydrogen-bond donors (Lipinski definition) is 2. The molecule has 0 radical (unpaired) electrons. The van der Waals surface area contributed by atoms with Gasteiger partial charge in [-0.1, -0.05) is 12.1 Å². The van der Waals surface area contributed by atoms with Crippen LogP contribution in [0.3, 0.4) is 0 Å². The van der Waals surface area contributed by atoms with Crippen LogP contribution in [0.4, 0.5) is 30.7 Å². The lowest BCUT2D eigenvalue weighted by Crippen LogP contribution is -2.14. The summed E-state index contributed by atoms with van der Waals surface area (Å²) in [7, 11) is -2.29. The van der Waals surface area contributed by atoms with Gasteiger partial charge in [0.05, 0.1) is 16.8 Å². The smallest absolute Gasteiger partial charge is 0.416 e. The molecule has 1 heterocycles. The summed E-state index contributed by atoms with van der Waals surface area (Å²) < 4.78 is 111. The van der Waals surface area contributed by atoms with Gasteiger partial charge in [-0.05, 0) is 42.9 Å². The summed E-state index contributed by atoms with van der Waals surface area (Å²) in [5.74, 6) is -2.07. The number of benzene rings is 2. The van der Waals surface area contributed by atoms with Gasteiger partial charge >= 0.3 is 18.3 Å². The third-order valence-electron chi connectivity index (χ3n) is 4.49. The molecule has 3 aromatic rings. The Kier molecular flexibility index (Phi) is 8.98. The molecule has 7 nitrogen and oxygen atoms in total. The third-order valence-corrected chi connectivity index (χ3v) is 5.35. The van der Waals surface area contributed by atoms with Gasteiger partial charge in [0.15, 0.2) is 0 Å². The zero-order valence-corrected chi connectivity index (χ0v) is 19.8. The van der Waals surface area contributed by atoms with E-state index in [9.17, 15) is 43.9 Å². The van der Waals surface area contributed by atoms with E-state index in [0.29, 0.717) is 12.1 Å². The molecule has 0 unspecified atom stereocenters. The predicted octanol–water partition coefficient (Wildman–Crippen LogP) is 4.83. The van der Waals surface area contributed by atoms with Crippen molar-refractivity contribution in [1.82, 2.24) is 15.3 Å². The van der Waals surface area contributed by atoms with Crippen LogP contribution >= 0.6 is 0 Å². The van der Waals surface area contributed by atoms with E-state index in [1.807, 2.05) is 0 Å². The van der Waals surface area contributed by atoms with Gasteiger partial charge in [0.25, 0.3) is 0 Å². The van der Waals surface area contributed by atoms with Gasteiger partial charge in [0.1, 0.15) is 11.4 Å². The normalized spacial score (nSPS) is 12.0. The zero-order valence-electron chi connectivity index (χ0n) is 18.9. The molecule has 0 atom stereocenters. The van der Waals surface area contributed by atoms with Crippen molar-refractivity contribution < 1.29 is 49.1 Å². The maximum Gasteiger partial charge on any atom is 0.416 e. The summed E-state index contributed by atoms with van der Waals surface area (Å²) >= 11 is 0. The molecule has 2 aromatic carbocycles. The largest absolute Gasteiger partial charge is 0.478 e. The van der Waals surface area contributed by atoms with Crippen molar-refractivity contribution in [3.63, 3.8) is 0 Å². The Labute approximate surface area is 205 Å². The Morgan fingerprint density at radius 2 is 1.54 bits per heavy atom. The number of rotatable bonds is 5. The Morgan fingerprint density at radius 1 is 1.00 bits per heavy atom. The molecule has 0 spiro atoms. The van der Waals surface area contributed by atoms with Gasteiger partial charge in [-0.3, -0.25) is 0 Å². The molecule has 0 amide bonds. The predicted molar refractivity (Wildman–Crippen MR) is 117 cm³/mol. The molecule has 0 aliphatic rings. The van der Waals surface area contributed by atoms with Crippen molar-refractivity contribution in [2.75, 3.05) is 13.3 Å². The van der Waals surface area contributed by atoms with Gasteiger partial charge in [-0.15, -0.1) is 0 Å². The maximum atomic E-state index is 13.7. The summed E-state index contributed by atoms with van der Waals surface area (Å²) in [6.45, 7) is -0.0625. The summed E-state index contributed by atoms with van der Waals surface area (Å²) in [4.78, 5) is 18.3. The molecule has 0 saturated carbocycles. The van der Waals surface area contributed by atoms with Crippen molar-refractivity contribution in [1.29, 1.82) is 0 Å². The number of aromatic carboxylic acids is 1. The van der Waals surface area contributed by atoms with E-state index in [1.165, 1.54) is 25.2 Å². The highest BCUT2D eigenvalue weighted by Crippen LogP contribution is 2.36. The molecule has 2 N–H and O–H groups in total. The molecule has 15 heteroatoms. The highest BCUT2D eigenvalue weighted by Gasteiger charge is 2.36. The minimum Gasteiger partial charge on any atom is -0.478 e. The summed E-state index contributed by atoms with van der Waals surface area (Å²) in [6, 6.07) is 6.88. The SMILES string of the molecule is CNCc1cc(C(F)(F)F)cc(C(F)(F)F)c1.CS(=O)(=O)c1ncc(C(=O)O)c(-c2ccccc2F)n1. The average molecular weight is 553 g/mol. The minimum absolute atomic E-state index is 0.0605. The highest BCUT2D eigenvalue weighted by molar-refractivity contribution is 7.90. The number of nitrogens with zero attached hydrogens (tertiary/aromatic N) is 2. The minimum atomic E-state index is -4.79. The van der Waals surface area contributed by atoms with E-state index in [0.717, 1.165) is 18.5 Å². The lowest BCUT2D eigenvalue weighted by atomic mass is 10.0. The zero-order chi connectivity index (χ0) is 28.2. The van der Waals surface area contributed by atoms with Gasteiger partial charge in [0, 0.05) is 24.6 Å². The maximum absolute atomic E-state index is 13.7. The number of nitrogens with one attached hydrogen (secondary N) is 1. The molecule has 1 aromatic heterocycles. The standard InChI is InChI=1S/C12H9FN2O4S.C10H9F6N/c1-20(18,19)12-14-6-8(11(16)17)10(15-12)7-4-2-3-5-9(7)13;1-17-5-6-2-7(9(11,12)13)4-8(3-6)10(14,15)16/h2-6H,1H3,(H,16,17);2-4,17H,5H2,1H3. The van der Waals surface area contributed by atoms with E-state index in [-0.39, 0.29) is 35.0 Å². The van der Waals surface area contributed by atoms with Crippen molar-refractivity contribution >= 4 is 15.8 Å². The van der Waals surface area contributed by atoms with Gasteiger partial charge in [0.2, 0.25) is 15.0 Å². The first-order chi connectivity index (χ1) is 16.9. The number of halogens is 7. The summed E-state index contributed by atoms with van der Waals surface area (Å²) in [6.07, 6.45) is -7.84. The number of carboxylic acids is 1. The van der Waals surface area contributed by atoms with E-state index >= 15 is 0 Å². The Balaban J connectivity index is 0.000000264. The number of sulfone groups is 1. The average Bonchev–Trinajstić information content (AvgIpc) is 2.77. The quantitative estimate of drug-likeness (QED) is 0.344. The van der Waals surface area contributed by atoms with E-state index in [4.69, 9.17) is 5.11 Å². The first kappa shape index (κ1) is 29.6. The molecule has 0 aliphatic heterocycles. The van der Waals surface area contributed by atoms with Crippen molar-refractivity contribution in [3.05, 3.63) is 76.7 Å². The molecule has 0 aliphatic carbocycles. The Bertz CT molecular complexity index is 1360. The molecule has 37 heavy (non-hydrogen) atoms. The first-order valence-electron chi connectivity index (χ1n) is 9.93. The number of aromatic nitrogens is 2. The monoisotopic (exact) mass is 553 g/mol. The van der Waals surface area contributed by atoms with Crippen LogP contribution in [0.1, 0.15) is 27.0 Å². The fraction of sp³-hybridized carbons (Fsp3) is 0.227. The molecular weight excluding hydrogens is 535 g/mol. The first-order valence-corrected chi connectivity index (χ1v) is 11.8. The molecule has 0 fully saturated rings. The lowest BCUT2D eigenvalue weighted by Gasteiger charge is -2.13. The van der Waals surface area contributed by atoms with Crippen LogP contribution < -0.4 is 5.32 Å². The number of carboxylic acid groups (broad SMARTS) is 1. The number of hydrogen-bond acceptors (Lipinski definition) is 6. The van der Waals surface area contributed by atoms with Crippen LogP contribution in [0.25, 0.3) is 11.3 Å². The van der Waals surface area contributed by atoms with E-state index in [1.54, 1.807) is 0 Å². The fourth-order valence-corrected chi connectivity index (χ4v) is 3.39. The van der Waals surface area contributed by atoms with E-state index in [2.05, 4.69) is 15.3 Å². The van der Waals surface area contributed by atoms with Crippen LogP contribution in [-0.4, -0.2) is 42.8 Å². The van der Waals surface area contributed by atoms with Gasteiger partial charge in [-0.25, -0.2) is 27.6 Å². The fourth-order valence-electron chi connectivity index (χ4n) is 2.88. The lowest BCUT2D eigenvalue weighted by molar-refractivity contribution is -0.143. The van der Waals surface area contributed by atoms with Crippen LogP contribution in [-0.2, 0) is 28.7 Å². The Hall–Kier alpha value is -3.59. The van der Waals surface area contributed by atoms with Crippen LogP contribution in [0.2, 0.25) is 0 Å². The second kappa shape index (κ2) is 11.2. The second-order valence-electron chi connectivity index (χ2n) is 7.42. The molecule has 0 saturated heterocycles. The molecule has 200 valence electrons. The summed E-state index contributed by atoms with van der Waals surface area (Å²) in [5, 5.41) is 11.0. The molecule has 3 rings (SSSR count). The molecule has 0 bridgehead atoms. The van der Waals surface area contributed by atoms with Crippen molar-refractivity contribution in [2.45, 2.75) is 24.1 Å². The molecular formula is C22H18F7N3O4S. The van der Waals surface area contributed by atoms with Crippen LogP contribution in [0.5, 0.6) is 0 Å². The van der Waals surface area contributed by atoms with Crippen LogP contribution in [0, 0.1) is 5.82 Å². The van der Waals surface area contributed by atoms with E-state index < -0.39 is 50.3 Å². The number of carbonyl (C=O) groups is 1. The topological polar surface area (TPSA) is 109 Å². The summed E-state index contributed by atoms with van der Waals surface area (Å²) in [5.41, 5.74) is -3.39. The second-order valence-corrected chi connectivity index (χ2v) is 9.33. The Morgan fingerprint density at radius 3 is 1.97 bits per heavy atom. The van der Waals surface area contributed by atoms with Crippen molar-refractivity contribution in [2.24, 2.45) is 0 Å². The van der Waals surface area contributed by atoms with Crippen molar-refractivity contribution in [3.8, 4) is 11.3 Å². The van der Waals surface area contributed by atoms with Crippen LogP contribution in [0.15, 0.2) is 53.8 Å². The third kappa shape index (κ3) is 7.95. The van der Waals surface area contributed by atoms with Gasteiger partial charge < -0.3 is 10.4 Å². The highest BCUT2D eigenvalue weighted by atomic mass is 32.2.